The smallest absolute Gasteiger partial charge is 0.303 e. The summed E-state index contributed by atoms with van der Waals surface area (Å²) in [5.74, 6) is 0.228. The van der Waals surface area contributed by atoms with Gasteiger partial charge in [0.1, 0.15) is 5.76 Å². The highest BCUT2D eigenvalue weighted by molar-refractivity contribution is 5.66. The molecule has 1 N–H and O–H groups in total. The van der Waals surface area contributed by atoms with Crippen LogP contribution in [0.5, 0.6) is 0 Å². The van der Waals surface area contributed by atoms with Crippen molar-refractivity contribution in [3.05, 3.63) is 24.2 Å². The van der Waals surface area contributed by atoms with Gasteiger partial charge in [0.25, 0.3) is 0 Å². The van der Waals surface area contributed by atoms with Gasteiger partial charge in [0.2, 0.25) is 0 Å². The number of furan rings is 1. The summed E-state index contributed by atoms with van der Waals surface area (Å²) in [4.78, 5) is 12.9. The van der Waals surface area contributed by atoms with Crippen LogP contribution in [0.25, 0.3) is 0 Å². The van der Waals surface area contributed by atoms with E-state index < -0.39 is 5.97 Å². The summed E-state index contributed by atoms with van der Waals surface area (Å²) in [5.41, 5.74) is 0. The third-order valence-electron chi connectivity index (χ3n) is 3.13. The molecule has 4 heteroatoms. The Morgan fingerprint density at radius 2 is 2.22 bits per heavy atom. The van der Waals surface area contributed by atoms with Gasteiger partial charge in [-0.05, 0) is 45.4 Å². The monoisotopic (exact) mass is 253 g/mol. The number of carboxylic acids is 1. The zero-order chi connectivity index (χ0) is 13.5. The lowest BCUT2D eigenvalue weighted by Gasteiger charge is -2.33. The van der Waals surface area contributed by atoms with Gasteiger partial charge in [0, 0.05) is 12.5 Å². The number of aliphatic carboxylic acids is 1. The molecule has 0 aliphatic heterocycles. The van der Waals surface area contributed by atoms with E-state index in [2.05, 4.69) is 25.7 Å². The minimum absolute atomic E-state index is 0.220. The van der Waals surface area contributed by atoms with Gasteiger partial charge in [-0.1, -0.05) is 6.92 Å². The van der Waals surface area contributed by atoms with Crippen LogP contribution in [0.1, 0.15) is 51.8 Å². The molecule has 0 bridgehead atoms. The Labute approximate surface area is 109 Å². The number of rotatable bonds is 8. The summed E-state index contributed by atoms with van der Waals surface area (Å²) in [6, 6.07) is 4.48. The molecule has 1 rings (SSSR count). The van der Waals surface area contributed by atoms with Crippen molar-refractivity contribution in [2.75, 3.05) is 6.54 Å². The van der Waals surface area contributed by atoms with Crippen LogP contribution >= 0.6 is 0 Å². The summed E-state index contributed by atoms with van der Waals surface area (Å²) in [7, 11) is 0. The Bertz CT molecular complexity index is 346. The molecule has 0 aromatic carbocycles. The minimum atomic E-state index is -0.732. The van der Waals surface area contributed by atoms with Gasteiger partial charge >= 0.3 is 5.97 Å². The highest BCUT2D eigenvalue weighted by Crippen LogP contribution is 2.26. The van der Waals surface area contributed by atoms with Gasteiger partial charge in [-0.3, -0.25) is 9.69 Å². The number of nitrogens with zero attached hydrogens (tertiary/aromatic N) is 1. The molecule has 0 saturated carbocycles. The average Bonchev–Trinajstić information content (AvgIpc) is 2.81. The second-order valence-corrected chi connectivity index (χ2v) is 4.77. The van der Waals surface area contributed by atoms with Crippen LogP contribution in [0.3, 0.4) is 0 Å². The highest BCUT2D eigenvalue weighted by atomic mass is 16.4. The van der Waals surface area contributed by atoms with Gasteiger partial charge in [-0.2, -0.15) is 0 Å². The Kier molecular flexibility index (Phi) is 5.92. The standard InChI is InChI=1S/C14H23NO3/c1-4-12(13-7-6-10-18-13)15(11(2)3)9-5-8-14(16)17/h6-7,10-12H,4-5,8-9H2,1-3H3,(H,16,17). The highest BCUT2D eigenvalue weighted by Gasteiger charge is 2.23. The maximum atomic E-state index is 10.6. The van der Waals surface area contributed by atoms with Crippen molar-refractivity contribution in [3.63, 3.8) is 0 Å². The first-order valence-electron chi connectivity index (χ1n) is 6.57. The van der Waals surface area contributed by atoms with Crippen molar-refractivity contribution in [3.8, 4) is 0 Å². The second-order valence-electron chi connectivity index (χ2n) is 4.77. The molecule has 0 fully saturated rings. The SMILES string of the molecule is CCC(c1ccco1)N(CCCC(=O)O)C(C)C. The van der Waals surface area contributed by atoms with Crippen molar-refractivity contribution in [1.29, 1.82) is 0 Å². The van der Waals surface area contributed by atoms with Crippen LogP contribution in [0.2, 0.25) is 0 Å². The molecule has 0 radical (unpaired) electrons. The van der Waals surface area contributed by atoms with Crippen LogP contribution in [0, 0.1) is 0 Å². The van der Waals surface area contributed by atoms with Crippen LogP contribution in [-0.4, -0.2) is 28.6 Å². The summed E-state index contributed by atoms with van der Waals surface area (Å²) >= 11 is 0. The first-order valence-corrected chi connectivity index (χ1v) is 6.57. The molecular formula is C14H23NO3. The first kappa shape index (κ1) is 14.8. The largest absolute Gasteiger partial charge is 0.481 e. The predicted molar refractivity (Wildman–Crippen MR) is 70.5 cm³/mol. The summed E-state index contributed by atoms with van der Waals surface area (Å²) in [6.07, 6.45) is 3.54. The van der Waals surface area contributed by atoms with E-state index in [4.69, 9.17) is 9.52 Å². The Morgan fingerprint density at radius 3 is 2.67 bits per heavy atom. The number of hydrogen-bond donors (Lipinski definition) is 1. The molecule has 0 aliphatic carbocycles. The summed E-state index contributed by atoms with van der Waals surface area (Å²) < 4.78 is 5.49. The van der Waals surface area contributed by atoms with Crippen molar-refractivity contribution >= 4 is 5.97 Å². The normalized spacial score (nSPS) is 13.2. The van der Waals surface area contributed by atoms with E-state index >= 15 is 0 Å². The van der Waals surface area contributed by atoms with Crippen molar-refractivity contribution in [2.45, 2.75) is 52.1 Å². The van der Waals surface area contributed by atoms with E-state index in [-0.39, 0.29) is 12.5 Å². The molecule has 1 unspecified atom stereocenters. The zero-order valence-electron chi connectivity index (χ0n) is 11.4. The van der Waals surface area contributed by atoms with Crippen LogP contribution < -0.4 is 0 Å². The second kappa shape index (κ2) is 7.21. The molecule has 18 heavy (non-hydrogen) atoms. The Balaban J connectivity index is 2.67. The molecule has 1 atom stereocenters. The lowest BCUT2D eigenvalue weighted by molar-refractivity contribution is -0.137. The zero-order valence-corrected chi connectivity index (χ0v) is 11.4. The molecular weight excluding hydrogens is 230 g/mol. The Morgan fingerprint density at radius 1 is 1.50 bits per heavy atom. The van der Waals surface area contributed by atoms with E-state index in [0.29, 0.717) is 12.5 Å². The lowest BCUT2D eigenvalue weighted by atomic mass is 10.1. The molecule has 102 valence electrons. The van der Waals surface area contributed by atoms with Crippen LogP contribution in [0.4, 0.5) is 0 Å². The topological polar surface area (TPSA) is 53.7 Å². The average molecular weight is 253 g/mol. The predicted octanol–water partition coefficient (Wildman–Crippen LogP) is 3.31. The third-order valence-corrected chi connectivity index (χ3v) is 3.13. The van der Waals surface area contributed by atoms with E-state index in [1.807, 2.05) is 12.1 Å². The van der Waals surface area contributed by atoms with Crippen LogP contribution in [-0.2, 0) is 4.79 Å². The van der Waals surface area contributed by atoms with Crippen molar-refractivity contribution in [1.82, 2.24) is 4.90 Å². The molecule has 0 aliphatic rings. The van der Waals surface area contributed by atoms with Gasteiger partial charge in [-0.15, -0.1) is 0 Å². The Hall–Kier alpha value is -1.29. The lowest BCUT2D eigenvalue weighted by Crippen LogP contribution is -2.35. The quantitative estimate of drug-likeness (QED) is 0.772. The molecule has 1 aromatic heterocycles. The van der Waals surface area contributed by atoms with E-state index in [1.165, 1.54) is 0 Å². The van der Waals surface area contributed by atoms with E-state index in [0.717, 1.165) is 18.7 Å². The maximum absolute atomic E-state index is 10.6. The molecule has 0 amide bonds. The van der Waals surface area contributed by atoms with E-state index in [1.54, 1.807) is 6.26 Å². The first-order chi connectivity index (χ1) is 8.56. The molecule has 0 spiro atoms. The molecule has 1 heterocycles. The number of carbonyl (C=O) groups is 1. The molecule has 0 saturated heterocycles. The van der Waals surface area contributed by atoms with Gasteiger partial charge in [0.15, 0.2) is 0 Å². The maximum Gasteiger partial charge on any atom is 0.303 e. The molecule has 4 nitrogen and oxygen atoms in total. The fourth-order valence-corrected chi connectivity index (χ4v) is 2.27. The van der Waals surface area contributed by atoms with Crippen molar-refractivity contribution < 1.29 is 14.3 Å². The van der Waals surface area contributed by atoms with Gasteiger partial charge in [0.05, 0.1) is 12.3 Å². The fraction of sp³-hybridized carbons (Fsp3) is 0.643. The van der Waals surface area contributed by atoms with E-state index in [9.17, 15) is 4.79 Å². The summed E-state index contributed by atoms with van der Waals surface area (Å²) in [5, 5.41) is 8.71. The van der Waals surface area contributed by atoms with Crippen molar-refractivity contribution in [2.24, 2.45) is 0 Å². The van der Waals surface area contributed by atoms with Gasteiger partial charge in [-0.25, -0.2) is 0 Å². The minimum Gasteiger partial charge on any atom is -0.481 e. The summed E-state index contributed by atoms with van der Waals surface area (Å²) in [6.45, 7) is 7.17. The van der Waals surface area contributed by atoms with Crippen LogP contribution in [0.15, 0.2) is 22.8 Å². The van der Waals surface area contributed by atoms with Gasteiger partial charge < -0.3 is 9.52 Å². The number of carboxylic acid groups (broad SMARTS) is 1. The molecule has 1 aromatic rings. The third kappa shape index (κ3) is 4.18. The fourth-order valence-electron chi connectivity index (χ4n) is 2.27. The number of hydrogen-bond acceptors (Lipinski definition) is 3.